The lowest BCUT2D eigenvalue weighted by Gasteiger charge is -2.04. The van der Waals surface area contributed by atoms with E-state index in [2.05, 4.69) is 5.32 Å². The van der Waals surface area contributed by atoms with Gasteiger partial charge in [0.15, 0.2) is 0 Å². The van der Waals surface area contributed by atoms with Crippen LogP contribution in [-0.4, -0.2) is 16.8 Å². The van der Waals surface area contributed by atoms with Gasteiger partial charge in [0.25, 0.3) is 11.7 Å². The molecule has 2 N–H and O–H groups in total. The van der Waals surface area contributed by atoms with Crippen molar-refractivity contribution in [3.05, 3.63) is 48.0 Å². The van der Waals surface area contributed by atoms with Gasteiger partial charge in [-0.1, -0.05) is 18.2 Å². The lowest BCUT2D eigenvalue weighted by Crippen LogP contribution is -2.12. The molecule has 1 heterocycles. The molecule has 3 rings (SSSR count). The number of hydrogen-bond acceptors (Lipinski definition) is 3. The van der Waals surface area contributed by atoms with E-state index in [0.29, 0.717) is 11.3 Å². The lowest BCUT2D eigenvalue weighted by atomic mass is 10.0. The van der Waals surface area contributed by atoms with E-state index in [-0.39, 0.29) is 5.75 Å². The van der Waals surface area contributed by atoms with Crippen molar-refractivity contribution in [2.75, 3.05) is 5.32 Å². The van der Waals surface area contributed by atoms with Crippen LogP contribution in [0.5, 0.6) is 5.75 Å². The molecule has 88 valence electrons. The summed E-state index contributed by atoms with van der Waals surface area (Å²) in [6.45, 7) is 0. The Kier molecular flexibility index (Phi) is 2.16. The SMILES string of the molecule is O=C1Nc2ccc(-c3cccc(O)c3)cc2C1=O. The zero-order valence-corrected chi connectivity index (χ0v) is 9.31. The molecule has 1 aliphatic heterocycles. The van der Waals surface area contributed by atoms with Crippen LogP contribution in [0.2, 0.25) is 0 Å². The van der Waals surface area contributed by atoms with Crippen LogP contribution in [0, 0.1) is 0 Å². The smallest absolute Gasteiger partial charge is 0.296 e. The standard InChI is InChI=1S/C14H9NO3/c16-10-3-1-2-8(6-10)9-4-5-12-11(7-9)13(17)14(18)15-12/h1-7,16H,(H,15,17,18). The second-order valence-corrected chi connectivity index (χ2v) is 4.09. The third kappa shape index (κ3) is 1.55. The van der Waals surface area contributed by atoms with Crippen LogP contribution in [0.15, 0.2) is 42.5 Å². The fourth-order valence-electron chi connectivity index (χ4n) is 2.01. The van der Waals surface area contributed by atoms with E-state index in [1.54, 1.807) is 36.4 Å². The van der Waals surface area contributed by atoms with Crippen LogP contribution in [0.4, 0.5) is 5.69 Å². The highest BCUT2D eigenvalue weighted by Gasteiger charge is 2.27. The number of amides is 1. The Bertz CT molecular complexity index is 676. The number of anilines is 1. The number of fused-ring (bicyclic) bond motifs is 1. The second kappa shape index (κ2) is 3.70. The molecule has 0 bridgehead atoms. The van der Waals surface area contributed by atoms with Gasteiger partial charge >= 0.3 is 0 Å². The van der Waals surface area contributed by atoms with Gasteiger partial charge in [-0.25, -0.2) is 0 Å². The number of ketones is 1. The Hall–Kier alpha value is -2.62. The fraction of sp³-hybridized carbons (Fsp3) is 0. The lowest BCUT2D eigenvalue weighted by molar-refractivity contribution is -0.112. The maximum Gasteiger partial charge on any atom is 0.296 e. The van der Waals surface area contributed by atoms with Gasteiger partial charge in [0.1, 0.15) is 5.75 Å². The molecule has 0 unspecified atom stereocenters. The number of aromatic hydroxyl groups is 1. The summed E-state index contributed by atoms with van der Waals surface area (Å²) in [5.74, 6) is -0.960. The van der Waals surface area contributed by atoms with Crippen molar-refractivity contribution >= 4 is 17.4 Å². The molecule has 2 aromatic rings. The first kappa shape index (κ1) is 10.5. The summed E-state index contributed by atoms with van der Waals surface area (Å²) in [6, 6.07) is 11.9. The van der Waals surface area contributed by atoms with E-state index in [1.807, 2.05) is 6.07 Å². The second-order valence-electron chi connectivity index (χ2n) is 4.09. The van der Waals surface area contributed by atoms with Crippen LogP contribution < -0.4 is 5.32 Å². The molecular formula is C14H9NO3. The molecule has 0 fully saturated rings. The van der Waals surface area contributed by atoms with Crippen molar-refractivity contribution in [2.24, 2.45) is 0 Å². The van der Waals surface area contributed by atoms with Crippen molar-refractivity contribution < 1.29 is 14.7 Å². The number of hydrogen-bond donors (Lipinski definition) is 2. The molecule has 18 heavy (non-hydrogen) atoms. The van der Waals surface area contributed by atoms with E-state index in [4.69, 9.17) is 0 Å². The number of benzene rings is 2. The molecule has 1 aliphatic rings. The van der Waals surface area contributed by atoms with Crippen molar-refractivity contribution in [1.29, 1.82) is 0 Å². The zero-order chi connectivity index (χ0) is 12.7. The van der Waals surface area contributed by atoms with Crippen molar-refractivity contribution in [3.63, 3.8) is 0 Å². The summed E-state index contributed by atoms with van der Waals surface area (Å²) in [4.78, 5) is 22.8. The maximum absolute atomic E-state index is 11.6. The Labute approximate surface area is 103 Å². The highest BCUT2D eigenvalue weighted by Crippen LogP contribution is 2.30. The summed E-state index contributed by atoms with van der Waals surface area (Å²) in [5, 5.41) is 11.9. The van der Waals surface area contributed by atoms with Crippen LogP contribution in [0.3, 0.4) is 0 Å². The monoisotopic (exact) mass is 239 g/mol. The molecule has 2 aromatic carbocycles. The molecule has 4 heteroatoms. The van der Waals surface area contributed by atoms with Crippen LogP contribution in [0.1, 0.15) is 10.4 Å². The predicted octanol–water partition coefficient (Wildman–Crippen LogP) is 2.19. The van der Waals surface area contributed by atoms with E-state index in [9.17, 15) is 14.7 Å². The van der Waals surface area contributed by atoms with Crippen molar-refractivity contribution in [1.82, 2.24) is 0 Å². The third-order valence-corrected chi connectivity index (χ3v) is 2.90. The molecule has 0 aliphatic carbocycles. The summed E-state index contributed by atoms with van der Waals surface area (Å²) in [5.41, 5.74) is 2.49. The molecular weight excluding hydrogens is 230 g/mol. The Balaban J connectivity index is 2.12. The van der Waals surface area contributed by atoms with Crippen LogP contribution in [-0.2, 0) is 4.79 Å². The summed E-state index contributed by atoms with van der Waals surface area (Å²) >= 11 is 0. The highest BCUT2D eigenvalue weighted by atomic mass is 16.3. The van der Waals surface area contributed by atoms with Gasteiger partial charge in [0, 0.05) is 0 Å². The molecule has 0 radical (unpaired) electrons. The quantitative estimate of drug-likeness (QED) is 0.749. The molecule has 0 aromatic heterocycles. The summed E-state index contributed by atoms with van der Waals surface area (Å²) in [7, 11) is 0. The van der Waals surface area contributed by atoms with E-state index >= 15 is 0 Å². The van der Waals surface area contributed by atoms with Crippen LogP contribution in [0.25, 0.3) is 11.1 Å². The van der Waals surface area contributed by atoms with Crippen molar-refractivity contribution in [3.8, 4) is 16.9 Å². The zero-order valence-electron chi connectivity index (χ0n) is 9.31. The van der Waals surface area contributed by atoms with Gasteiger partial charge < -0.3 is 10.4 Å². The molecule has 4 nitrogen and oxygen atoms in total. The third-order valence-electron chi connectivity index (χ3n) is 2.90. The largest absolute Gasteiger partial charge is 0.508 e. The molecule has 0 spiro atoms. The number of phenolic OH excluding ortho intramolecular Hbond substituents is 1. The van der Waals surface area contributed by atoms with Gasteiger partial charge in [0.2, 0.25) is 0 Å². The first-order chi connectivity index (χ1) is 8.65. The van der Waals surface area contributed by atoms with Gasteiger partial charge in [-0.2, -0.15) is 0 Å². The molecule has 0 saturated heterocycles. The minimum absolute atomic E-state index is 0.161. The minimum Gasteiger partial charge on any atom is -0.508 e. The topological polar surface area (TPSA) is 66.4 Å². The number of phenols is 1. The predicted molar refractivity (Wildman–Crippen MR) is 66.5 cm³/mol. The number of carbonyl (C=O) groups is 2. The number of carbonyl (C=O) groups excluding carboxylic acids is 2. The minimum atomic E-state index is -0.599. The van der Waals surface area contributed by atoms with Gasteiger partial charge in [-0.15, -0.1) is 0 Å². The van der Waals surface area contributed by atoms with E-state index in [0.717, 1.165) is 11.1 Å². The molecule has 1 amide bonds. The Morgan fingerprint density at radius 3 is 2.50 bits per heavy atom. The number of Topliss-reactive ketones (excluding diaryl/α,β-unsaturated/α-hetero) is 1. The number of nitrogens with one attached hydrogen (secondary N) is 1. The fourth-order valence-corrected chi connectivity index (χ4v) is 2.01. The average Bonchev–Trinajstić information content (AvgIpc) is 2.65. The number of rotatable bonds is 1. The van der Waals surface area contributed by atoms with Gasteiger partial charge in [0.05, 0.1) is 11.3 Å². The maximum atomic E-state index is 11.6. The van der Waals surface area contributed by atoms with Crippen LogP contribution >= 0.6 is 0 Å². The van der Waals surface area contributed by atoms with E-state index < -0.39 is 11.7 Å². The van der Waals surface area contributed by atoms with Gasteiger partial charge in [-0.3, -0.25) is 9.59 Å². The Morgan fingerprint density at radius 2 is 1.72 bits per heavy atom. The van der Waals surface area contributed by atoms with E-state index in [1.165, 1.54) is 0 Å². The summed E-state index contributed by atoms with van der Waals surface area (Å²) < 4.78 is 0. The molecule has 0 saturated carbocycles. The first-order valence-corrected chi connectivity index (χ1v) is 5.44. The normalized spacial score (nSPS) is 13.3. The average molecular weight is 239 g/mol. The Morgan fingerprint density at radius 1 is 0.944 bits per heavy atom. The highest BCUT2D eigenvalue weighted by molar-refractivity contribution is 6.51. The first-order valence-electron chi connectivity index (χ1n) is 5.44. The molecule has 0 atom stereocenters. The summed E-state index contributed by atoms with van der Waals surface area (Å²) in [6.07, 6.45) is 0. The van der Waals surface area contributed by atoms with Crippen molar-refractivity contribution in [2.45, 2.75) is 0 Å². The van der Waals surface area contributed by atoms with Gasteiger partial charge in [-0.05, 0) is 35.4 Å².